The predicted molar refractivity (Wildman–Crippen MR) is 135 cm³/mol. The van der Waals surface area contributed by atoms with Crippen molar-refractivity contribution in [2.75, 3.05) is 25.5 Å². The number of aromatic nitrogens is 2. The van der Waals surface area contributed by atoms with Crippen LogP contribution < -0.4 is 10.1 Å². The number of nitrogens with zero attached hydrogens (tertiary/aromatic N) is 3. The van der Waals surface area contributed by atoms with E-state index in [-0.39, 0.29) is 17.7 Å². The molecule has 3 aromatic carbocycles. The van der Waals surface area contributed by atoms with E-state index in [1.165, 1.54) is 0 Å². The van der Waals surface area contributed by atoms with Crippen LogP contribution in [-0.2, 0) is 0 Å². The Hall–Kier alpha value is -4.46. The lowest BCUT2D eigenvalue weighted by Gasteiger charge is -2.30. The van der Waals surface area contributed by atoms with E-state index in [9.17, 15) is 9.59 Å². The van der Waals surface area contributed by atoms with Gasteiger partial charge in [0.05, 0.1) is 7.11 Å². The molecule has 2 heterocycles. The van der Waals surface area contributed by atoms with Gasteiger partial charge < -0.3 is 19.5 Å². The van der Waals surface area contributed by atoms with Crippen LogP contribution in [0.25, 0.3) is 11.4 Å². The number of carbonyl (C=O) groups is 2. The van der Waals surface area contributed by atoms with Gasteiger partial charge in [-0.1, -0.05) is 41.6 Å². The maximum atomic E-state index is 12.7. The fourth-order valence-electron chi connectivity index (χ4n) is 4.29. The van der Waals surface area contributed by atoms with Gasteiger partial charge >= 0.3 is 0 Å². The second-order valence-corrected chi connectivity index (χ2v) is 8.65. The molecule has 182 valence electrons. The number of carbonyl (C=O) groups excluding carboxylic acids is 2. The van der Waals surface area contributed by atoms with E-state index in [4.69, 9.17) is 9.26 Å². The average molecular weight is 483 g/mol. The summed E-state index contributed by atoms with van der Waals surface area (Å²) in [6, 6.07) is 23.6. The lowest BCUT2D eigenvalue weighted by molar-refractivity contribution is 0.0704. The lowest BCUT2D eigenvalue weighted by Crippen LogP contribution is -2.37. The van der Waals surface area contributed by atoms with Crippen LogP contribution in [0.2, 0.25) is 0 Å². The summed E-state index contributed by atoms with van der Waals surface area (Å²) >= 11 is 0. The summed E-state index contributed by atoms with van der Waals surface area (Å²) < 4.78 is 10.8. The number of amides is 2. The minimum Gasteiger partial charge on any atom is -0.497 e. The Balaban J connectivity index is 1.19. The second-order valence-electron chi connectivity index (χ2n) is 8.65. The van der Waals surface area contributed by atoms with Crippen LogP contribution in [0.15, 0.2) is 83.4 Å². The van der Waals surface area contributed by atoms with Crippen molar-refractivity contribution >= 4 is 17.5 Å². The van der Waals surface area contributed by atoms with E-state index in [0.29, 0.717) is 47.4 Å². The summed E-state index contributed by atoms with van der Waals surface area (Å²) in [4.78, 5) is 31.8. The molecule has 0 spiro atoms. The van der Waals surface area contributed by atoms with E-state index < -0.39 is 0 Å². The van der Waals surface area contributed by atoms with Crippen LogP contribution in [-0.4, -0.2) is 47.1 Å². The topological polar surface area (TPSA) is 97.6 Å². The monoisotopic (exact) mass is 482 g/mol. The summed E-state index contributed by atoms with van der Waals surface area (Å²) in [6.07, 6.45) is 1.53. The van der Waals surface area contributed by atoms with Crippen LogP contribution in [0.3, 0.4) is 0 Å². The molecular formula is C28H26N4O4. The number of hydrogen-bond donors (Lipinski definition) is 1. The summed E-state index contributed by atoms with van der Waals surface area (Å²) in [7, 11) is 1.58. The van der Waals surface area contributed by atoms with Gasteiger partial charge in [-0.25, -0.2) is 0 Å². The zero-order valence-corrected chi connectivity index (χ0v) is 19.9. The van der Waals surface area contributed by atoms with E-state index in [2.05, 4.69) is 15.5 Å². The van der Waals surface area contributed by atoms with Crippen molar-refractivity contribution in [3.63, 3.8) is 0 Å². The van der Waals surface area contributed by atoms with E-state index in [1.54, 1.807) is 43.5 Å². The van der Waals surface area contributed by atoms with Gasteiger partial charge in [0.2, 0.25) is 11.7 Å². The smallest absolute Gasteiger partial charge is 0.255 e. The van der Waals surface area contributed by atoms with Crippen molar-refractivity contribution in [2.45, 2.75) is 18.8 Å². The molecule has 0 unspecified atom stereocenters. The van der Waals surface area contributed by atoms with Gasteiger partial charge in [0, 0.05) is 47.5 Å². The fourth-order valence-corrected chi connectivity index (χ4v) is 4.29. The third-order valence-electron chi connectivity index (χ3n) is 6.33. The number of likely N-dealkylation sites (tertiary alicyclic amines) is 1. The highest BCUT2D eigenvalue weighted by Crippen LogP contribution is 2.29. The molecule has 1 saturated heterocycles. The highest BCUT2D eigenvalue weighted by atomic mass is 16.5. The van der Waals surface area contributed by atoms with Gasteiger partial charge in [-0.15, -0.1) is 0 Å². The maximum absolute atomic E-state index is 12.7. The number of hydrogen-bond acceptors (Lipinski definition) is 6. The molecule has 0 saturated carbocycles. The molecule has 1 aliphatic heterocycles. The van der Waals surface area contributed by atoms with Crippen molar-refractivity contribution < 1.29 is 18.8 Å². The molecule has 8 nitrogen and oxygen atoms in total. The van der Waals surface area contributed by atoms with Gasteiger partial charge in [-0.3, -0.25) is 9.59 Å². The van der Waals surface area contributed by atoms with E-state index in [0.717, 1.165) is 18.4 Å². The van der Waals surface area contributed by atoms with E-state index in [1.807, 2.05) is 47.4 Å². The molecule has 0 aliphatic carbocycles. The molecule has 5 rings (SSSR count). The first-order valence-corrected chi connectivity index (χ1v) is 11.8. The number of methoxy groups -OCH3 is 1. The van der Waals surface area contributed by atoms with Crippen LogP contribution >= 0.6 is 0 Å². The number of piperidine rings is 1. The Kier molecular flexibility index (Phi) is 6.75. The molecule has 36 heavy (non-hydrogen) atoms. The van der Waals surface area contributed by atoms with Crippen molar-refractivity contribution in [3.8, 4) is 17.1 Å². The molecule has 0 bridgehead atoms. The predicted octanol–water partition coefficient (Wildman–Crippen LogP) is 5.02. The minimum absolute atomic E-state index is 0.0517. The molecule has 4 aromatic rings. The summed E-state index contributed by atoms with van der Waals surface area (Å²) in [6.45, 7) is 1.29. The highest BCUT2D eigenvalue weighted by molar-refractivity contribution is 6.04. The van der Waals surface area contributed by atoms with Crippen molar-refractivity contribution in [2.24, 2.45) is 0 Å². The Labute approximate surface area is 208 Å². The van der Waals surface area contributed by atoms with Gasteiger partial charge in [0.1, 0.15) is 5.75 Å². The highest BCUT2D eigenvalue weighted by Gasteiger charge is 2.28. The maximum Gasteiger partial charge on any atom is 0.255 e. The third kappa shape index (κ3) is 5.12. The third-order valence-corrected chi connectivity index (χ3v) is 6.33. The van der Waals surface area contributed by atoms with Gasteiger partial charge in [-0.2, -0.15) is 4.98 Å². The Morgan fingerprint density at radius 3 is 2.42 bits per heavy atom. The van der Waals surface area contributed by atoms with Gasteiger partial charge in [0.15, 0.2) is 0 Å². The van der Waals surface area contributed by atoms with Crippen molar-refractivity contribution in [3.05, 3.63) is 95.9 Å². The molecule has 2 amide bonds. The molecule has 1 N–H and O–H groups in total. The van der Waals surface area contributed by atoms with Gasteiger partial charge in [-0.05, 0) is 49.2 Å². The molecule has 1 fully saturated rings. The fraction of sp³-hybridized carbons (Fsp3) is 0.214. The number of ether oxygens (including phenoxy) is 1. The zero-order chi connectivity index (χ0) is 24.9. The first-order valence-electron chi connectivity index (χ1n) is 11.8. The molecular weight excluding hydrogens is 456 g/mol. The van der Waals surface area contributed by atoms with E-state index >= 15 is 0 Å². The summed E-state index contributed by atoms with van der Waals surface area (Å²) in [5, 5.41) is 7.01. The standard InChI is InChI=1S/C28H26N4O4/c1-35-24-9-5-8-23(18-24)29-26(33)20-12-10-19(11-13-20)25-30-27(36-31-25)21-14-16-32(17-15-21)28(34)22-6-3-2-4-7-22/h2-13,18,21H,14-17H2,1H3,(H,29,33). The first kappa shape index (κ1) is 23.3. The Bertz CT molecular complexity index is 1340. The molecule has 0 radical (unpaired) electrons. The SMILES string of the molecule is COc1cccc(NC(=O)c2ccc(-c3noc(C4CCN(C(=O)c5ccccc5)CC4)n3)cc2)c1. The summed E-state index contributed by atoms with van der Waals surface area (Å²) in [5.74, 6) is 1.67. The van der Waals surface area contributed by atoms with Crippen molar-refractivity contribution in [1.29, 1.82) is 0 Å². The molecule has 8 heteroatoms. The van der Waals surface area contributed by atoms with Crippen molar-refractivity contribution in [1.82, 2.24) is 15.0 Å². The number of benzene rings is 3. The second kappa shape index (κ2) is 10.4. The normalized spacial score (nSPS) is 13.9. The minimum atomic E-state index is -0.222. The lowest BCUT2D eigenvalue weighted by atomic mass is 9.96. The van der Waals surface area contributed by atoms with Crippen LogP contribution in [0.5, 0.6) is 5.75 Å². The Morgan fingerprint density at radius 2 is 1.69 bits per heavy atom. The number of nitrogens with one attached hydrogen (secondary N) is 1. The quantitative estimate of drug-likeness (QED) is 0.415. The molecule has 1 aromatic heterocycles. The number of rotatable bonds is 6. The first-order chi connectivity index (χ1) is 17.6. The number of anilines is 1. The van der Waals surface area contributed by atoms with Crippen LogP contribution in [0, 0.1) is 0 Å². The molecule has 1 aliphatic rings. The van der Waals surface area contributed by atoms with Crippen LogP contribution in [0.4, 0.5) is 5.69 Å². The molecule has 0 atom stereocenters. The summed E-state index contributed by atoms with van der Waals surface area (Å²) in [5.41, 5.74) is 2.64. The van der Waals surface area contributed by atoms with Crippen LogP contribution in [0.1, 0.15) is 45.4 Å². The van der Waals surface area contributed by atoms with Gasteiger partial charge in [0.25, 0.3) is 11.8 Å². The largest absolute Gasteiger partial charge is 0.497 e. The zero-order valence-electron chi connectivity index (χ0n) is 19.9. The Morgan fingerprint density at radius 1 is 0.944 bits per heavy atom. The average Bonchev–Trinajstić information content (AvgIpc) is 3.44.